The molecule has 1 aliphatic rings. The number of nitrogens with zero attached hydrogens (tertiary/aromatic N) is 2. The fraction of sp³-hybridized carbons (Fsp3) is 0.625. The molecule has 1 unspecified atom stereocenters. The average Bonchev–Trinajstić information content (AvgIpc) is 2.80. The van der Waals surface area contributed by atoms with E-state index in [-0.39, 0.29) is 11.9 Å². The Labute approximate surface area is 125 Å². The third-order valence-electron chi connectivity index (χ3n) is 3.51. The SMILES string of the molecule is Cc1nc(CC2CCN(C(=O)OC(C)(C)C)C2)ccc1F. The summed E-state index contributed by atoms with van der Waals surface area (Å²) in [7, 11) is 0. The third kappa shape index (κ3) is 4.41. The quantitative estimate of drug-likeness (QED) is 0.840. The Morgan fingerprint density at radius 2 is 2.19 bits per heavy atom. The molecule has 0 saturated carbocycles. The van der Waals surface area contributed by atoms with Gasteiger partial charge in [0.2, 0.25) is 0 Å². The molecule has 0 bridgehead atoms. The van der Waals surface area contributed by atoms with Gasteiger partial charge in [-0.25, -0.2) is 9.18 Å². The lowest BCUT2D eigenvalue weighted by molar-refractivity contribution is 0.0288. The summed E-state index contributed by atoms with van der Waals surface area (Å²) in [4.78, 5) is 18.0. The van der Waals surface area contributed by atoms with Crippen molar-refractivity contribution in [3.8, 4) is 0 Å². The monoisotopic (exact) mass is 294 g/mol. The highest BCUT2D eigenvalue weighted by atomic mass is 19.1. The Balaban J connectivity index is 1.90. The average molecular weight is 294 g/mol. The molecular weight excluding hydrogens is 271 g/mol. The first kappa shape index (κ1) is 15.7. The van der Waals surface area contributed by atoms with Crippen molar-refractivity contribution in [2.45, 2.75) is 46.1 Å². The molecule has 1 aliphatic heterocycles. The minimum atomic E-state index is -0.467. The second-order valence-electron chi connectivity index (χ2n) is 6.66. The predicted octanol–water partition coefficient (Wildman–Crippen LogP) is 3.33. The number of pyridine rings is 1. The zero-order valence-electron chi connectivity index (χ0n) is 13.1. The van der Waals surface area contributed by atoms with Crippen LogP contribution in [0.5, 0.6) is 0 Å². The fourth-order valence-electron chi connectivity index (χ4n) is 2.50. The Morgan fingerprint density at radius 1 is 1.48 bits per heavy atom. The Hall–Kier alpha value is -1.65. The van der Waals surface area contributed by atoms with Crippen molar-refractivity contribution in [1.29, 1.82) is 0 Å². The van der Waals surface area contributed by atoms with Crippen LogP contribution in [0, 0.1) is 18.7 Å². The smallest absolute Gasteiger partial charge is 0.410 e. The first-order valence-electron chi connectivity index (χ1n) is 7.34. The molecule has 21 heavy (non-hydrogen) atoms. The second kappa shape index (κ2) is 6.00. The van der Waals surface area contributed by atoms with Crippen LogP contribution in [-0.4, -0.2) is 34.7 Å². The molecule has 1 fully saturated rings. The van der Waals surface area contributed by atoms with Crippen molar-refractivity contribution in [3.63, 3.8) is 0 Å². The highest BCUT2D eigenvalue weighted by Gasteiger charge is 2.29. The number of amides is 1. The first-order chi connectivity index (χ1) is 9.74. The van der Waals surface area contributed by atoms with Crippen LogP contribution in [0.25, 0.3) is 0 Å². The van der Waals surface area contributed by atoms with Gasteiger partial charge in [0.15, 0.2) is 0 Å². The van der Waals surface area contributed by atoms with Crippen molar-refractivity contribution in [2.24, 2.45) is 5.92 Å². The molecule has 2 rings (SSSR count). The van der Waals surface area contributed by atoms with Crippen LogP contribution in [0.3, 0.4) is 0 Å². The third-order valence-corrected chi connectivity index (χ3v) is 3.51. The van der Waals surface area contributed by atoms with Crippen molar-refractivity contribution < 1.29 is 13.9 Å². The molecule has 2 heterocycles. The van der Waals surface area contributed by atoms with Crippen LogP contribution in [0.2, 0.25) is 0 Å². The molecule has 0 aromatic carbocycles. The van der Waals surface area contributed by atoms with Crippen molar-refractivity contribution >= 4 is 6.09 Å². The van der Waals surface area contributed by atoms with E-state index < -0.39 is 5.60 Å². The number of carbonyl (C=O) groups is 1. The summed E-state index contributed by atoms with van der Waals surface area (Å²) >= 11 is 0. The molecule has 1 atom stereocenters. The number of hydrogen-bond donors (Lipinski definition) is 0. The number of likely N-dealkylation sites (tertiary alicyclic amines) is 1. The van der Waals surface area contributed by atoms with Gasteiger partial charge >= 0.3 is 6.09 Å². The molecule has 5 heteroatoms. The molecule has 4 nitrogen and oxygen atoms in total. The second-order valence-corrected chi connectivity index (χ2v) is 6.66. The van der Waals surface area contributed by atoms with Gasteiger partial charge in [0, 0.05) is 18.8 Å². The standard InChI is InChI=1S/C16H23FN2O2/c1-11-14(17)6-5-13(18-11)9-12-7-8-19(10-12)15(20)21-16(2,3)4/h5-6,12H,7-10H2,1-4H3. The largest absolute Gasteiger partial charge is 0.444 e. The van der Waals surface area contributed by atoms with Crippen LogP contribution < -0.4 is 0 Å². The summed E-state index contributed by atoms with van der Waals surface area (Å²) in [6.45, 7) is 8.64. The molecule has 0 radical (unpaired) electrons. The highest BCUT2D eigenvalue weighted by Crippen LogP contribution is 2.22. The number of hydrogen-bond acceptors (Lipinski definition) is 3. The molecule has 1 amide bonds. The van der Waals surface area contributed by atoms with Gasteiger partial charge in [-0.15, -0.1) is 0 Å². The predicted molar refractivity (Wildman–Crippen MR) is 78.6 cm³/mol. The maximum Gasteiger partial charge on any atom is 0.410 e. The van der Waals surface area contributed by atoms with Gasteiger partial charge in [-0.2, -0.15) is 0 Å². The zero-order chi connectivity index (χ0) is 15.6. The van der Waals surface area contributed by atoms with Crippen molar-refractivity contribution in [2.75, 3.05) is 13.1 Å². The van der Waals surface area contributed by atoms with Gasteiger partial charge in [-0.3, -0.25) is 4.98 Å². The van der Waals surface area contributed by atoms with Gasteiger partial charge in [-0.1, -0.05) is 0 Å². The summed E-state index contributed by atoms with van der Waals surface area (Å²) in [5, 5.41) is 0. The molecule has 1 aromatic rings. The summed E-state index contributed by atoms with van der Waals surface area (Å²) in [6, 6.07) is 3.18. The normalized spacial score (nSPS) is 18.9. The summed E-state index contributed by atoms with van der Waals surface area (Å²) in [6.07, 6.45) is 1.44. The maximum absolute atomic E-state index is 13.2. The molecule has 1 aromatic heterocycles. The van der Waals surface area contributed by atoms with E-state index in [4.69, 9.17) is 4.74 Å². The fourth-order valence-corrected chi connectivity index (χ4v) is 2.50. The minimum Gasteiger partial charge on any atom is -0.444 e. The van der Waals surface area contributed by atoms with E-state index in [1.165, 1.54) is 6.07 Å². The zero-order valence-corrected chi connectivity index (χ0v) is 13.1. The topological polar surface area (TPSA) is 42.4 Å². The summed E-state index contributed by atoms with van der Waals surface area (Å²) in [5.74, 6) is 0.0791. The summed E-state index contributed by atoms with van der Waals surface area (Å²) < 4.78 is 18.6. The van der Waals surface area contributed by atoms with Crippen LogP contribution >= 0.6 is 0 Å². The molecular formula is C16H23FN2O2. The van der Waals surface area contributed by atoms with Gasteiger partial charge in [0.25, 0.3) is 0 Å². The van der Waals surface area contributed by atoms with E-state index in [9.17, 15) is 9.18 Å². The van der Waals surface area contributed by atoms with Gasteiger partial charge in [0.05, 0.1) is 5.69 Å². The Kier molecular flexibility index (Phi) is 4.49. The van der Waals surface area contributed by atoms with Crippen LogP contribution in [-0.2, 0) is 11.2 Å². The van der Waals surface area contributed by atoms with E-state index >= 15 is 0 Å². The number of aryl methyl sites for hydroxylation is 1. The van der Waals surface area contributed by atoms with E-state index in [1.807, 2.05) is 20.8 Å². The van der Waals surface area contributed by atoms with E-state index in [2.05, 4.69) is 4.98 Å². The first-order valence-corrected chi connectivity index (χ1v) is 7.34. The van der Waals surface area contributed by atoms with Crippen LogP contribution in [0.1, 0.15) is 38.6 Å². The number of carbonyl (C=O) groups excluding carboxylic acids is 1. The summed E-state index contributed by atoms with van der Waals surface area (Å²) in [5.41, 5.74) is 0.838. The molecule has 0 N–H and O–H groups in total. The van der Waals surface area contributed by atoms with E-state index in [1.54, 1.807) is 17.9 Å². The lowest BCUT2D eigenvalue weighted by atomic mass is 10.0. The lowest BCUT2D eigenvalue weighted by Crippen LogP contribution is -2.35. The van der Waals surface area contributed by atoms with Gasteiger partial charge < -0.3 is 9.64 Å². The van der Waals surface area contributed by atoms with Crippen molar-refractivity contribution in [3.05, 3.63) is 29.3 Å². The number of halogens is 1. The Morgan fingerprint density at radius 3 is 2.81 bits per heavy atom. The number of aromatic nitrogens is 1. The maximum atomic E-state index is 13.2. The van der Waals surface area contributed by atoms with Gasteiger partial charge in [-0.05, 0) is 58.6 Å². The molecule has 0 spiro atoms. The van der Waals surface area contributed by atoms with E-state index in [0.29, 0.717) is 24.7 Å². The van der Waals surface area contributed by atoms with E-state index in [0.717, 1.165) is 18.5 Å². The van der Waals surface area contributed by atoms with Crippen LogP contribution in [0.15, 0.2) is 12.1 Å². The minimum absolute atomic E-state index is 0.256. The number of rotatable bonds is 2. The molecule has 0 aliphatic carbocycles. The lowest BCUT2D eigenvalue weighted by Gasteiger charge is -2.24. The van der Waals surface area contributed by atoms with Crippen molar-refractivity contribution in [1.82, 2.24) is 9.88 Å². The Bertz CT molecular complexity index is 525. The van der Waals surface area contributed by atoms with Crippen LogP contribution in [0.4, 0.5) is 9.18 Å². The molecule has 116 valence electrons. The van der Waals surface area contributed by atoms with Gasteiger partial charge in [0.1, 0.15) is 11.4 Å². The number of ether oxygens (including phenoxy) is 1. The molecule has 1 saturated heterocycles. The highest BCUT2D eigenvalue weighted by molar-refractivity contribution is 5.68.